The Bertz CT molecular complexity index is 317. The second kappa shape index (κ2) is 6.09. The summed E-state index contributed by atoms with van der Waals surface area (Å²) in [6.45, 7) is 1.26. The van der Waals surface area contributed by atoms with Crippen molar-refractivity contribution in [1.29, 1.82) is 0 Å². The van der Waals surface area contributed by atoms with E-state index >= 15 is 0 Å². The van der Waals surface area contributed by atoms with Gasteiger partial charge in [0, 0.05) is 13.1 Å². The first-order valence-electron chi connectivity index (χ1n) is 6.65. The molecule has 0 aromatic carbocycles. The molecule has 0 aliphatic carbocycles. The molecule has 0 N–H and O–H groups in total. The maximum Gasteiger partial charge on any atom is 0.401 e. The van der Waals surface area contributed by atoms with Gasteiger partial charge in [-0.15, -0.1) is 0 Å². The molecule has 0 unspecified atom stereocenters. The molecule has 2 rings (SSSR count). The Morgan fingerprint density at radius 3 is 2.47 bits per heavy atom. The standard InChI is InChI=1S/C12H19F3N2O2/c13-12(14,15)9-17-4-2-1-3-10(17)11(18)16-5-7-19-8-6-16/h10H,1-9H2/t10-/m0/s1. The van der Waals surface area contributed by atoms with Crippen molar-refractivity contribution in [1.82, 2.24) is 9.80 Å². The zero-order chi connectivity index (χ0) is 13.9. The van der Waals surface area contributed by atoms with Crippen LogP contribution in [0.15, 0.2) is 0 Å². The number of hydrogen-bond donors (Lipinski definition) is 0. The number of carbonyl (C=O) groups is 1. The van der Waals surface area contributed by atoms with Crippen LogP contribution in [-0.2, 0) is 9.53 Å². The smallest absolute Gasteiger partial charge is 0.378 e. The number of rotatable bonds is 2. The third kappa shape index (κ3) is 4.07. The lowest BCUT2D eigenvalue weighted by Crippen LogP contribution is -2.55. The highest BCUT2D eigenvalue weighted by atomic mass is 19.4. The summed E-state index contributed by atoms with van der Waals surface area (Å²) in [5.74, 6) is -0.174. The van der Waals surface area contributed by atoms with Crippen LogP contribution in [0.3, 0.4) is 0 Å². The first kappa shape index (κ1) is 14.6. The molecule has 0 aromatic rings. The number of ether oxygens (including phenoxy) is 1. The van der Waals surface area contributed by atoms with Crippen molar-refractivity contribution in [2.75, 3.05) is 39.4 Å². The van der Waals surface area contributed by atoms with Gasteiger partial charge in [0.15, 0.2) is 0 Å². The summed E-state index contributed by atoms with van der Waals surface area (Å²) < 4.78 is 42.8. The summed E-state index contributed by atoms with van der Waals surface area (Å²) in [5.41, 5.74) is 0. The molecule has 1 atom stereocenters. The maximum atomic E-state index is 12.5. The molecule has 19 heavy (non-hydrogen) atoms. The van der Waals surface area contributed by atoms with Crippen molar-refractivity contribution in [2.24, 2.45) is 0 Å². The minimum Gasteiger partial charge on any atom is -0.378 e. The van der Waals surface area contributed by atoms with Gasteiger partial charge in [0.25, 0.3) is 0 Å². The summed E-state index contributed by atoms with van der Waals surface area (Å²) in [7, 11) is 0. The van der Waals surface area contributed by atoms with E-state index in [0.717, 1.165) is 12.8 Å². The first-order valence-corrected chi connectivity index (χ1v) is 6.65. The third-order valence-corrected chi connectivity index (χ3v) is 3.60. The van der Waals surface area contributed by atoms with Crippen molar-refractivity contribution in [3.8, 4) is 0 Å². The van der Waals surface area contributed by atoms with E-state index in [0.29, 0.717) is 39.3 Å². The summed E-state index contributed by atoms with van der Waals surface area (Å²) in [6.07, 6.45) is -2.19. The van der Waals surface area contributed by atoms with Gasteiger partial charge in [0.1, 0.15) is 0 Å². The Hall–Kier alpha value is -0.820. The second-order valence-corrected chi connectivity index (χ2v) is 5.03. The van der Waals surface area contributed by atoms with Crippen LogP contribution in [-0.4, -0.2) is 67.3 Å². The summed E-state index contributed by atoms with van der Waals surface area (Å²) in [6, 6.07) is -0.617. The van der Waals surface area contributed by atoms with Gasteiger partial charge in [0.2, 0.25) is 5.91 Å². The number of amides is 1. The fourth-order valence-electron chi connectivity index (χ4n) is 2.68. The topological polar surface area (TPSA) is 32.8 Å². The molecule has 0 saturated carbocycles. The van der Waals surface area contributed by atoms with E-state index in [4.69, 9.17) is 4.74 Å². The minimum absolute atomic E-state index is 0.174. The van der Waals surface area contributed by atoms with Crippen LogP contribution < -0.4 is 0 Å². The number of piperidine rings is 1. The number of likely N-dealkylation sites (tertiary alicyclic amines) is 1. The number of carbonyl (C=O) groups excluding carboxylic acids is 1. The largest absolute Gasteiger partial charge is 0.401 e. The average Bonchev–Trinajstić information content (AvgIpc) is 2.38. The van der Waals surface area contributed by atoms with Gasteiger partial charge in [-0.1, -0.05) is 6.42 Å². The van der Waals surface area contributed by atoms with Gasteiger partial charge in [-0.2, -0.15) is 13.2 Å². The quantitative estimate of drug-likeness (QED) is 0.763. The van der Waals surface area contributed by atoms with Crippen LogP contribution in [0.4, 0.5) is 13.2 Å². The Kier molecular flexibility index (Phi) is 4.67. The normalized spacial score (nSPS) is 26.5. The lowest BCUT2D eigenvalue weighted by molar-refractivity contribution is -0.163. The number of nitrogens with zero attached hydrogens (tertiary/aromatic N) is 2. The van der Waals surface area contributed by atoms with Crippen molar-refractivity contribution < 1.29 is 22.7 Å². The zero-order valence-electron chi connectivity index (χ0n) is 10.8. The van der Waals surface area contributed by atoms with Crippen molar-refractivity contribution in [3.63, 3.8) is 0 Å². The van der Waals surface area contributed by atoms with E-state index in [2.05, 4.69) is 0 Å². The Balaban J connectivity index is 1.99. The molecule has 0 bridgehead atoms. The van der Waals surface area contributed by atoms with Gasteiger partial charge in [-0.05, 0) is 19.4 Å². The second-order valence-electron chi connectivity index (χ2n) is 5.03. The Morgan fingerprint density at radius 2 is 1.84 bits per heavy atom. The summed E-state index contributed by atoms with van der Waals surface area (Å²) >= 11 is 0. The van der Waals surface area contributed by atoms with Crippen LogP contribution >= 0.6 is 0 Å². The van der Waals surface area contributed by atoms with Crippen LogP contribution in [0.2, 0.25) is 0 Å². The van der Waals surface area contributed by atoms with E-state index < -0.39 is 18.8 Å². The van der Waals surface area contributed by atoms with Gasteiger partial charge < -0.3 is 9.64 Å². The fourth-order valence-corrected chi connectivity index (χ4v) is 2.68. The molecule has 4 nitrogen and oxygen atoms in total. The van der Waals surface area contributed by atoms with Crippen LogP contribution in [0.1, 0.15) is 19.3 Å². The van der Waals surface area contributed by atoms with Crippen molar-refractivity contribution in [3.05, 3.63) is 0 Å². The molecule has 2 fully saturated rings. The van der Waals surface area contributed by atoms with Gasteiger partial charge in [-0.25, -0.2) is 0 Å². The lowest BCUT2D eigenvalue weighted by atomic mass is 10.0. The number of hydrogen-bond acceptors (Lipinski definition) is 3. The number of morpholine rings is 1. The minimum atomic E-state index is -4.25. The average molecular weight is 280 g/mol. The van der Waals surface area contributed by atoms with E-state index in [1.165, 1.54) is 4.90 Å². The fraction of sp³-hybridized carbons (Fsp3) is 0.917. The molecule has 0 spiro atoms. The summed E-state index contributed by atoms with van der Waals surface area (Å²) in [5, 5.41) is 0. The van der Waals surface area contributed by atoms with E-state index in [9.17, 15) is 18.0 Å². The van der Waals surface area contributed by atoms with Gasteiger partial charge in [0.05, 0.1) is 25.8 Å². The van der Waals surface area contributed by atoms with Crippen LogP contribution in [0.25, 0.3) is 0 Å². The molecule has 1 amide bonds. The molecule has 0 radical (unpaired) electrons. The molecule has 110 valence electrons. The predicted octanol–water partition coefficient (Wildman–Crippen LogP) is 1.26. The predicted molar refractivity (Wildman–Crippen MR) is 62.7 cm³/mol. The Morgan fingerprint density at radius 1 is 1.16 bits per heavy atom. The zero-order valence-corrected chi connectivity index (χ0v) is 10.8. The lowest BCUT2D eigenvalue weighted by Gasteiger charge is -2.38. The highest BCUT2D eigenvalue weighted by Crippen LogP contribution is 2.24. The molecule has 2 heterocycles. The SMILES string of the molecule is O=C([C@@H]1CCCCN1CC(F)(F)F)N1CCOCC1. The third-order valence-electron chi connectivity index (χ3n) is 3.60. The monoisotopic (exact) mass is 280 g/mol. The molecule has 0 aromatic heterocycles. The Labute approximate surface area is 110 Å². The van der Waals surface area contributed by atoms with Crippen LogP contribution in [0, 0.1) is 0 Å². The van der Waals surface area contributed by atoms with E-state index in [-0.39, 0.29) is 5.91 Å². The molecule has 7 heteroatoms. The van der Waals surface area contributed by atoms with Gasteiger partial charge >= 0.3 is 6.18 Å². The molecular formula is C12H19F3N2O2. The number of halogens is 3. The molecule has 2 aliphatic rings. The molecule has 2 aliphatic heterocycles. The number of alkyl halides is 3. The van der Waals surface area contributed by atoms with E-state index in [1.807, 2.05) is 0 Å². The van der Waals surface area contributed by atoms with E-state index in [1.54, 1.807) is 4.90 Å². The highest BCUT2D eigenvalue weighted by molar-refractivity contribution is 5.82. The van der Waals surface area contributed by atoms with Crippen molar-refractivity contribution in [2.45, 2.75) is 31.5 Å². The molecular weight excluding hydrogens is 261 g/mol. The molecule has 2 saturated heterocycles. The van der Waals surface area contributed by atoms with Gasteiger partial charge in [-0.3, -0.25) is 9.69 Å². The first-order chi connectivity index (χ1) is 8.97. The van der Waals surface area contributed by atoms with Crippen LogP contribution in [0.5, 0.6) is 0 Å². The highest BCUT2D eigenvalue weighted by Gasteiger charge is 2.39. The van der Waals surface area contributed by atoms with Crippen molar-refractivity contribution >= 4 is 5.91 Å². The summed E-state index contributed by atoms with van der Waals surface area (Å²) in [4.78, 5) is 15.2. The maximum absolute atomic E-state index is 12.5.